The molecule has 0 radical (unpaired) electrons. The first-order valence-corrected chi connectivity index (χ1v) is 7.36. The average molecular weight is 297 g/mol. The lowest BCUT2D eigenvalue weighted by atomic mass is 10.1. The SMILES string of the molecule is Cc1cncc(N[C@H](C)c2ccc(N3CCOC3=O)cc2)c1. The van der Waals surface area contributed by atoms with Crippen LogP contribution in [0, 0.1) is 6.92 Å². The average Bonchev–Trinajstić information content (AvgIpc) is 2.93. The molecule has 1 amide bonds. The quantitative estimate of drug-likeness (QED) is 0.938. The van der Waals surface area contributed by atoms with Gasteiger partial charge in [-0.15, -0.1) is 0 Å². The van der Waals surface area contributed by atoms with Gasteiger partial charge in [-0.25, -0.2) is 4.79 Å². The number of carbonyl (C=O) groups excluding carboxylic acids is 1. The van der Waals surface area contributed by atoms with Crippen LogP contribution in [0.2, 0.25) is 0 Å². The van der Waals surface area contributed by atoms with E-state index >= 15 is 0 Å². The van der Waals surface area contributed by atoms with Gasteiger partial charge >= 0.3 is 6.09 Å². The predicted octanol–water partition coefficient (Wildman–Crippen LogP) is 3.52. The molecule has 0 saturated carbocycles. The highest BCUT2D eigenvalue weighted by molar-refractivity contribution is 5.89. The smallest absolute Gasteiger partial charge is 0.414 e. The zero-order valence-corrected chi connectivity index (χ0v) is 12.7. The zero-order valence-electron chi connectivity index (χ0n) is 12.7. The first-order chi connectivity index (χ1) is 10.6. The van der Waals surface area contributed by atoms with E-state index in [1.165, 1.54) is 0 Å². The van der Waals surface area contributed by atoms with Crippen LogP contribution in [0.4, 0.5) is 16.2 Å². The fourth-order valence-corrected chi connectivity index (χ4v) is 2.54. The van der Waals surface area contributed by atoms with E-state index in [-0.39, 0.29) is 12.1 Å². The molecule has 2 heterocycles. The van der Waals surface area contributed by atoms with Crippen molar-refractivity contribution in [2.75, 3.05) is 23.4 Å². The second-order valence-electron chi connectivity index (χ2n) is 5.47. The van der Waals surface area contributed by atoms with E-state index in [1.807, 2.05) is 43.6 Å². The first kappa shape index (κ1) is 14.4. The Labute approximate surface area is 129 Å². The van der Waals surface area contributed by atoms with E-state index in [9.17, 15) is 4.79 Å². The summed E-state index contributed by atoms with van der Waals surface area (Å²) >= 11 is 0. The molecule has 1 aliphatic heterocycles. The summed E-state index contributed by atoms with van der Waals surface area (Å²) in [6, 6.07) is 10.2. The van der Waals surface area contributed by atoms with E-state index in [0.717, 1.165) is 22.5 Å². The molecule has 1 aliphatic rings. The highest BCUT2D eigenvalue weighted by Gasteiger charge is 2.23. The molecule has 1 aromatic carbocycles. The molecule has 1 saturated heterocycles. The molecule has 0 aliphatic carbocycles. The minimum Gasteiger partial charge on any atom is -0.447 e. The Morgan fingerprint density at radius 3 is 2.68 bits per heavy atom. The number of hydrogen-bond acceptors (Lipinski definition) is 4. The van der Waals surface area contributed by atoms with Crippen molar-refractivity contribution in [3.63, 3.8) is 0 Å². The number of ether oxygens (including phenoxy) is 1. The van der Waals surface area contributed by atoms with Crippen LogP contribution >= 0.6 is 0 Å². The number of rotatable bonds is 4. The molecule has 3 rings (SSSR count). The van der Waals surface area contributed by atoms with Crippen LogP contribution in [0.3, 0.4) is 0 Å². The van der Waals surface area contributed by atoms with Gasteiger partial charge in [-0.2, -0.15) is 0 Å². The summed E-state index contributed by atoms with van der Waals surface area (Å²) in [7, 11) is 0. The van der Waals surface area contributed by atoms with E-state index in [0.29, 0.717) is 13.2 Å². The van der Waals surface area contributed by atoms with Gasteiger partial charge in [-0.05, 0) is 43.2 Å². The number of carbonyl (C=O) groups is 1. The molecular weight excluding hydrogens is 278 g/mol. The third-order valence-corrected chi connectivity index (χ3v) is 3.72. The van der Waals surface area contributed by atoms with Crippen LogP contribution in [-0.4, -0.2) is 24.2 Å². The van der Waals surface area contributed by atoms with Crippen molar-refractivity contribution in [3.8, 4) is 0 Å². The second-order valence-corrected chi connectivity index (χ2v) is 5.47. The topological polar surface area (TPSA) is 54.5 Å². The fourth-order valence-electron chi connectivity index (χ4n) is 2.54. The second kappa shape index (κ2) is 6.05. The Morgan fingerprint density at radius 1 is 1.27 bits per heavy atom. The number of aryl methyl sites for hydroxylation is 1. The van der Waals surface area contributed by atoms with E-state index in [4.69, 9.17) is 4.74 Å². The van der Waals surface area contributed by atoms with Crippen LogP contribution in [0.25, 0.3) is 0 Å². The van der Waals surface area contributed by atoms with Crippen molar-refractivity contribution in [2.45, 2.75) is 19.9 Å². The summed E-state index contributed by atoms with van der Waals surface area (Å²) in [5, 5.41) is 3.43. The Balaban J connectivity index is 1.70. The lowest BCUT2D eigenvalue weighted by Gasteiger charge is -2.18. The molecule has 1 fully saturated rings. The van der Waals surface area contributed by atoms with Gasteiger partial charge in [0, 0.05) is 24.1 Å². The van der Waals surface area contributed by atoms with Gasteiger partial charge in [-0.1, -0.05) is 12.1 Å². The number of aromatic nitrogens is 1. The highest BCUT2D eigenvalue weighted by atomic mass is 16.6. The lowest BCUT2D eigenvalue weighted by molar-refractivity contribution is 0.181. The standard InChI is InChI=1S/C17H19N3O2/c1-12-9-15(11-18-10-12)19-13(2)14-3-5-16(6-4-14)20-7-8-22-17(20)21/h3-6,9-11,13,19H,7-8H2,1-2H3/t13-/m1/s1. The molecule has 0 spiro atoms. The number of nitrogens with one attached hydrogen (secondary N) is 1. The molecule has 0 unspecified atom stereocenters. The zero-order chi connectivity index (χ0) is 15.5. The van der Waals surface area contributed by atoms with Gasteiger partial charge in [0.2, 0.25) is 0 Å². The third-order valence-electron chi connectivity index (χ3n) is 3.72. The van der Waals surface area contributed by atoms with E-state index in [1.54, 1.807) is 4.90 Å². The molecule has 1 N–H and O–H groups in total. The normalized spacial score (nSPS) is 15.5. The molecule has 22 heavy (non-hydrogen) atoms. The van der Waals surface area contributed by atoms with Crippen molar-refractivity contribution in [1.82, 2.24) is 4.98 Å². The molecule has 5 heteroatoms. The van der Waals surface area contributed by atoms with Gasteiger partial charge in [0.1, 0.15) is 6.61 Å². The molecule has 5 nitrogen and oxygen atoms in total. The lowest BCUT2D eigenvalue weighted by Crippen LogP contribution is -2.23. The number of anilines is 2. The largest absolute Gasteiger partial charge is 0.447 e. The van der Waals surface area contributed by atoms with Crippen LogP contribution in [-0.2, 0) is 4.74 Å². The van der Waals surface area contributed by atoms with Gasteiger partial charge in [0.05, 0.1) is 12.2 Å². The summed E-state index contributed by atoms with van der Waals surface area (Å²) in [5.74, 6) is 0. The Kier molecular flexibility index (Phi) is 3.96. The Hall–Kier alpha value is -2.56. The molecule has 0 bridgehead atoms. The summed E-state index contributed by atoms with van der Waals surface area (Å²) < 4.78 is 4.96. The monoisotopic (exact) mass is 297 g/mol. The first-order valence-electron chi connectivity index (χ1n) is 7.36. The van der Waals surface area contributed by atoms with Crippen molar-refractivity contribution in [2.24, 2.45) is 0 Å². The molecular formula is C17H19N3O2. The summed E-state index contributed by atoms with van der Waals surface area (Å²) in [5.41, 5.74) is 4.15. The van der Waals surface area contributed by atoms with Crippen LogP contribution in [0.1, 0.15) is 24.1 Å². The molecule has 1 aromatic heterocycles. The van der Waals surface area contributed by atoms with Crippen molar-refractivity contribution < 1.29 is 9.53 Å². The molecule has 114 valence electrons. The van der Waals surface area contributed by atoms with Crippen molar-refractivity contribution >= 4 is 17.5 Å². The number of benzene rings is 1. The number of pyridine rings is 1. The summed E-state index contributed by atoms with van der Waals surface area (Å²) in [6.45, 7) is 5.19. The maximum Gasteiger partial charge on any atom is 0.414 e. The van der Waals surface area contributed by atoms with Crippen molar-refractivity contribution in [3.05, 3.63) is 53.9 Å². The van der Waals surface area contributed by atoms with Crippen LogP contribution < -0.4 is 10.2 Å². The number of amides is 1. The number of hydrogen-bond donors (Lipinski definition) is 1. The third kappa shape index (κ3) is 3.03. The van der Waals surface area contributed by atoms with Gasteiger partial charge in [0.15, 0.2) is 0 Å². The Morgan fingerprint density at radius 2 is 2.05 bits per heavy atom. The van der Waals surface area contributed by atoms with E-state index < -0.39 is 0 Å². The van der Waals surface area contributed by atoms with Crippen molar-refractivity contribution in [1.29, 1.82) is 0 Å². The number of cyclic esters (lactones) is 1. The van der Waals surface area contributed by atoms with Crippen LogP contribution in [0.15, 0.2) is 42.7 Å². The predicted molar refractivity (Wildman–Crippen MR) is 86.1 cm³/mol. The van der Waals surface area contributed by atoms with Gasteiger partial charge < -0.3 is 10.1 Å². The van der Waals surface area contributed by atoms with Crippen LogP contribution in [0.5, 0.6) is 0 Å². The fraction of sp³-hybridized carbons (Fsp3) is 0.294. The maximum atomic E-state index is 11.6. The van der Waals surface area contributed by atoms with E-state index in [2.05, 4.69) is 23.3 Å². The minimum atomic E-state index is -0.273. The summed E-state index contributed by atoms with van der Waals surface area (Å²) in [4.78, 5) is 17.4. The van der Waals surface area contributed by atoms with Gasteiger partial charge in [0.25, 0.3) is 0 Å². The number of nitrogens with zero attached hydrogens (tertiary/aromatic N) is 2. The maximum absolute atomic E-state index is 11.6. The molecule has 1 atom stereocenters. The highest BCUT2D eigenvalue weighted by Crippen LogP contribution is 2.24. The van der Waals surface area contributed by atoms with Gasteiger partial charge in [-0.3, -0.25) is 9.88 Å². The Bertz CT molecular complexity index is 670. The minimum absolute atomic E-state index is 0.156. The molecule has 2 aromatic rings. The summed E-state index contributed by atoms with van der Waals surface area (Å²) in [6.07, 6.45) is 3.38.